The van der Waals surface area contributed by atoms with Crippen LogP contribution in [0, 0.1) is 0 Å². The fourth-order valence-electron chi connectivity index (χ4n) is 3.12. The molecule has 5 nitrogen and oxygen atoms in total. The Labute approximate surface area is 148 Å². The molecule has 7 heteroatoms. The second-order valence-corrected chi connectivity index (χ2v) is 8.21. The summed E-state index contributed by atoms with van der Waals surface area (Å²) >= 11 is 3.49. The van der Waals surface area contributed by atoms with Gasteiger partial charge in [0, 0.05) is 22.3 Å². The lowest BCUT2D eigenvalue weighted by atomic mass is 9.98. The lowest BCUT2D eigenvalue weighted by Crippen LogP contribution is -2.47. The van der Waals surface area contributed by atoms with E-state index < -0.39 is 0 Å². The van der Waals surface area contributed by atoms with E-state index in [0.29, 0.717) is 0 Å². The minimum atomic E-state index is -0.372. The van der Waals surface area contributed by atoms with Crippen molar-refractivity contribution in [2.45, 2.75) is 31.3 Å². The van der Waals surface area contributed by atoms with Crippen molar-refractivity contribution in [1.82, 2.24) is 15.5 Å². The average Bonchev–Trinajstić information content (AvgIpc) is 3.04. The van der Waals surface area contributed by atoms with Gasteiger partial charge in [-0.1, -0.05) is 6.07 Å². The van der Waals surface area contributed by atoms with Gasteiger partial charge in [-0.05, 0) is 47.7 Å². The molecular formula is C17H19N3O2S2. The molecule has 0 radical (unpaired) electrons. The highest BCUT2D eigenvalue weighted by Gasteiger charge is 2.32. The smallest absolute Gasteiger partial charge is 0.321 e. The Morgan fingerprint density at radius 1 is 1.21 bits per heavy atom. The Kier molecular flexibility index (Phi) is 4.39. The Morgan fingerprint density at radius 2 is 2.08 bits per heavy atom. The van der Waals surface area contributed by atoms with Gasteiger partial charge in [-0.15, -0.1) is 22.7 Å². The molecule has 1 saturated carbocycles. The summed E-state index contributed by atoms with van der Waals surface area (Å²) < 4.78 is 0. The molecular weight excluding hydrogens is 342 g/mol. The molecule has 3 heterocycles. The normalized spacial score (nSPS) is 20.4. The molecule has 4 rings (SSSR count). The van der Waals surface area contributed by atoms with Gasteiger partial charge in [0.25, 0.3) is 0 Å². The highest BCUT2D eigenvalue weighted by molar-refractivity contribution is 7.10. The first-order chi connectivity index (χ1) is 11.7. The topological polar surface area (TPSA) is 61.4 Å². The molecule has 2 aromatic rings. The zero-order chi connectivity index (χ0) is 16.5. The minimum absolute atomic E-state index is 0.109. The van der Waals surface area contributed by atoms with Crippen molar-refractivity contribution >= 4 is 34.6 Å². The fourth-order valence-corrected chi connectivity index (χ4v) is 4.90. The average molecular weight is 361 g/mol. The van der Waals surface area contributed by atoms with E-state index in [1.54, 1.807) is 22.7 Å². The van der Waals surface area contributed by atoms with Crippen molar-refractivity contribution in [3.8, 4) is 0 Å². The van der Waals surface area contributed by atoms with E-state index in [9.17, 15) is 9.59 Å². The van der Waals surface area contributed by atoms with E-state index in [4.69, 9.17) is 0 Å². The zero-order valence-corrected chi connectivity index (χ0v) is 14.8. The molecule has 0 spiro atoms. The Balaban J connectivity index is 1.47. The summed E-state index contributed by atoms with van der Waals surface area (Å²) in [7, 11) is 0. The molecule has 3 amide bonds. The summed E-state index contributed by atoms with van der Waals surface area (Å²) in [4.78, 5) is 28.8. The number of nitrogens with one attached hydrogen (secondary N) is 2. The van der Waals surface area contributed by atoms with Gasteiger partial charge in [-0.2, -0.15) is 0 Å². The van der Waals surface area contributed by atoms with E-state index in [1.807, 2.05) is 6.07 Å². The molecule has 2 aromatic heterocycles. The highest BCUT2D eigenvalue weighted by atomic mass is 32.1. The quantitative estimate of drug-likeness (QED) is 0.880. The van der Waals surface area contributed by atoms with Crippen LogP contribution in [0.5, 0.6) is 0 Å². The molecule has 126 valence electrons. The Bertz CT molecular complexity index is 737. The molecule has 0 aromatic carbocycles. The summed E-state index contributed by atoms with van der Waals surface area (Å²) in [6.07, 6.45) is 2.97. The largest absolute Gasteiger partial charge is 0.335 e. The summed E-state index contributed by atoms with van der Waals surface area (Å²) in [6.45, 7) is 1.06. The van der Waals surface area contributed by atoms with Gasteiger partial charge in [0.1, 0.15) is 0 Å². The maximum atomic E-state index is 12.3. The fraction of sp³-hybridized carbons (Fsp3) is 0.412. The molecule has 2 N–H and O–H groups in total. The number of hydrogen-bond donors (Lipinski definition) is 2. The molecule has 1 aliphatic heterocycles. The van der Waals surface area contributed by atoms with Gasteiger partial charge in [0.05, 0.1) is 12.6 Å². The van der Waals surface area contributed by atoms with Gasteiger partial charge in [-0.25, -0.2) is 4.79 Å². The van der Waals surface area contributed by atoms with Gasteiger partial charge in [0.15, 0.2) is 0 Å². The van der Waals surface area contributed by atoms with Crippen molar-refractivity contribution in [3.63, 3.8) is 0 Å². The predicted octanol–water partition coefficient (Wildman–Crippen LogP) is 2.75. The number of hydrogen-bond acceptors (Lipinski definition) is 5. The van der Waals surface area contributed by atoms with Crippen molar-refractivity contribution in [1.29, 1.82) is 0 Å². The van der Waals surface area contributed by atoms with Crippen molar-refractivity contribution in [3.05, 3.63) is 44.3 Å². The standard InChI is InChI=1S/C17H19N3O2S2/c21-15(19-17(22)18-11-3-4-11)10-20-7-5-13-12(6-9-24-13)16(20)14-2-1-8-23-14/h1-2,6,8-9,11,16H,3-5,7,10H2,(H2,18,19,21,22). The van der Waals surface area contributed by atoms with Crippen LogP contribution in [0.4, 0.5) is 4.79 Å². The maximum Gasteiger partial charge on any atom is 0.321 e. The molecule has 0 saturated heterocycles. The number of amides is 3. The first-order valence-electron chi connectivity index (χ1n) is 8.15. The SMILES string of the molecule is O=C(CN1CCc2sccc2C1c1cccs1)NC(=O)NC1CC1. The van der Waals surface area contributed by atoms with Crippen LogP contribution < -0.4 is 10.6 Å². The van der Waals surface area contributed by atoms with Crippen LogP contribution >= 0.6 is 22.7 Å². The number of nitrogens with zero attached hydrogens (tertiary/aromatic N) is 1. The molecule has 2 aliphatic rings. The number of urea groups is 1. The van der Waals surface area contributed by atoms with Crippen LogP contribution in [-0.4, -0.2) is 36.0 Å². The van der Waals surface area contributed by atoms with Gasteiger partial charge < -0.3 is 5.32 Å². The van der Waals surface area contributed by atoms with Gasteiger partial charge >= 0.3 is 6.03 Å². The summed E-state index contributed by atoms with van der Waals surface area (Å²) in [5.41, 5.74) is 1.30. The molecule has 24 heavy (non-hydrogen) atoms. The lowest BCUT2D eigenvalue weighted by molar-refractivity contribution is -0.121. The van der Waals surface area contributed by atoms with Crippen molar-refractivity contribution in [2.24, 2.45) is 0 Å². The maximum absolute atomic E-state index is 12.3. The van der Waals surface area contributed by atoms with Crippen LogP contribution in [0.3, 0.4) is 0 Å². The number of carbonyl (C=O) groups is 2. The minimum Gasteiger partial charge on any atom is -0.335 e. The van der Waals surface area contributed by atoms with Crippen LogP contribution in [0.1, 0.15) is 34.2 Å². The lowest BCUT2D eigenvalue weighted by Gasteiger charge is -2.34. The van der Waals surface area contributed by atoms with E-state index >= 15 is 0 Å². The van der Waals surface area contributed by atoms with Crippen molar-refractivity contribution < 1.29 is 9.59 Å². The van der Waals surface area contributed by atoms with Gasteiger partial charge in [0.2, 0.25) is 5.91 Å². The van der Waals surface area contributed by atoms with E-state index in [1.165, 1.54) is 15.3 Å². The van der Waals surface area contributed by atoms with E-state index in [2.05, 4.69) is 38.4 Å². The number of imide groups is 1. The zero-order valence-electron chi connectivity index (χ0n) is 13.2. The van der Waals surface area contributed by atoms with Gasteiger partial charge in [-0.3, -0.25) is 15.0 Å². The third kappa shape index (κ3) is 3.38. The summed E-state index contributed by atoms with van der Waals surface area (Å²) in [5, 5.41) is 9.43. The second kappa shape index (κ2) is 6.66. The molecule has 1 atom stereocenters. The third-order valence-electron chi connectivity index (χ3n) is 4.39. The number of thiophene rings is 2. The van der Waals surface area contributed by atoms with E-state index in [-0.39, 0.29) is 30.6 Å². The number of rotatable bonds is 4. The number of carbonyl (C=O) groups excluding carboxylic acids is 2. The number of fused-ring (bicyclic) bond motifs is 1. The van der Waals surface area contributed by atoms with Crippen LogP contribution in [0.25, 0.3) is 0 Å². The third-order valence-corrected chi connectivity index (χ3v) is 6.31. The second-order valence-electron chi connectivity index (χ2n) is 6.23. The van der Waals surface area contributed by atoms with Crippen molar-refractivity contribution in [2.75, 3.05) is 13.1 Å². The summed E-state index contributed by atoms with van der Waals surface area (Å²) in [5.74, 6) is -0.242. The van der Waals surface area contributed by atoms with Crippen LogP contribution in [0.15, 0.2) is 29.0 Å². The molecule has 1 fully saturated rings. The Hall–Kier alpha value is -1.70. The van der Waals surface area contributed by atoms with E-state index in [0.717, 1.165) is 25.8 Å². The Morgan fingerprint density at radius 3 is 2.83 bits per heavy atom. The molecule has 1 unspecified atom stereocenters. The summed E-state index contributed by atoms with van der Waals surface area (Å²) in [6, 6.07) is 6.31. The predicted molar refractivity (Wildman–Crippen MR) is 95.5 cm³/mol. The molecule has 1 aliphatic carbocycles. The molecule has 0 bridgehead atoms. The first-order valence-corrected chi connectivity index (χ1v) is 9.90. The monoisotopic (exact) mass is 361 g/mol. The van der Waals surface area contributed by atoms with Crippen LogP contribution in [-0.2, 0) is 11.2 Å². The van der Waals surface area contributed by atoms with Crippen LogP contribution in [0.2, 0.25) is 0 Å². The highest BCUT2D eigenvalue weighted by Crippen LogP contribution is 2.39. The first kappa shape index (κ1) is 15.8.